The molecule has 7 rings (SSSR count). The van der Waals surface area contributed by atoms with E-state index in [2.05, 4.69) is 33.8 Å². The van der Waals surface area contributed by atoms with Crippen molar-refractivity contribution in [2.75, 3.05) is 48.8 Å². The van der Waals surface area contributed by atoms with Gasteiger partial charge in [-0.25, -0.2) is 0 Å². The van der Waals surface area contributed by atoms with Gasteiger partial charge in [0.2, 0.25) is 0 Å². The summed E-state index contributed by atoms with van der Waals surface area (Å²) in [5, 5.41) is 0. The van der Waals surface area contributed by atoms with Gasteiger partial charge in [-0.3, -0.25) is 0 Å². The first-order valence-electron chi connectivity index (χ1n) is 18.4. The van der Waals surface area contributed by atoms with Crippen molar-refractivity contribution in [3.05, 3.63) is 11.6 Å². The summed E-state index contributed by atoms with van der Waals surface area (Å²) >= 11 is 0. The molecule has 0 bridgehead atoms. The lowest BCUT2D eigenvalue weighted by Crippen LogP contribution is -2.61. The molecular weight excluding hydrogens is 600 g/mol. The van der Waals surface area contributed by atoms with Gasteiger partial charge < -0.3 is 42.6 Å². The van der Waals surface area contributed by atoms with Crippen molar-refractivity contribution in [1.82, 2.24) is 0 Å². The van der Waals surface area contributed by atoms with Crippen molar-refractivity contribution in [2.45, 2.75) is 140 Å². The first-order chi connectivity index (χ1) is 22.5. The second-order valence-corrected chi connectivity index (χ2v) is 16.9. The third-order valence-corrected chi connectivity index (χ3v) is 14.8. The Kier molecular flexibility index (Phi) is 9.52. The lowest BCUT2D eigenvalue weighted by Gasteiger charge is -2.58. The van der Waals surface area contributed by atoms with E-state index in [1.807, 2.05) is 7.11 Å². The zero-order valence-electron chi connectivity index (χ0n) is 30.5. The lowest BCUT2D eigenvalue weighted by atomic mass is 9.47. The minimum atomic E-state index is -0.638. The molecule has 0 aromatic rings. The zero-order chi connectivity index (χ0) is 33.4. The third kappa shape index (κ3) is 5.43. The zero-order valence-corrected chi connectivity index (χ0v) is 30.5. The molecule has 0 amide bonds. The summed E-state index contributed by atoms with van der Waals surface area (Å²) in [5.41, 5.74) is 1.81. The van der Waals surface area contributed by atoms with Crippen molar-refractivity contribution in [1.29, 1.82) is 0 Å². The van der Waals surface area contributed by atoms with Crippen LogP contribution in [-0.2, 0) is 42.6 Å². The van der Waals surface area contributed by atoms with E-state index in [0.717, 1.165) is 37.5 Å². The average Bonchev–Trinajstić information content (AvgIpc) is 3.66. The molecule has 268 valence electrons. The van der Waals surface area contributed by atoms with Crippen LogP contribution in [0.1, 0.15) is 85.5 Å². The van der Waals surface area contributed by atoms with Gasteiger partial charge in [-0.1, -0.05) is 32.4 Å². The van der Waals surface area contributed by atoms with Crippen LogP contribution in [0.25, 0.3) is 0 Å². The molecule has 3 heterocycles. The van der Waals surface area contributed by atoms with E-state index in [1.54, 1.807) is 34.0 Å². The maximum Gasteiger partial charge on any atom is 0.187 e. The number of ether oxygens (including phenoxy) is 9. The van der Waals surface area contributed by atoms with E-state index in [4.69, 9.17) is 42.6 Å². The molecule has 0 radical (unpaired) electrons. The Balaban J connectivity index is 1.03. The van der Waals surface area contributed by atoms with Gasteiger partial charge in [-0.05, 0) is 92.8 Å². The maximum atomic E-state index is 7.17. The summed E-state index contributed by atoms with van der Waals surface area (Å²) in [6.07, 6.45) is 11.5. The summed E-state index contributed by atoms with van der Waals surface area (Å²) in [5.74, 6) is 2.52. The number of rotatable bonds is 9. The van der Waals surface area contributed by atoms with Gasteiger partial charge in [0.1, 0.15) is 24.4 Å². The van der Waals surface area contributed by atoms with Gasteiger partial charge in [0, 0.05) is 47.9 Å². The van der Waals surface area contributed by atoms with E-state index in [-0.39, 0.29) is 29.8 Å². The summed E-state index contributed by atoms with van der Waals surface area (Å²) in [6, 6.07) is 0. The van der Waals surface area contributed by atoms with Crippen LogP contribution in [0.4, 0.5) is 0 Å². The van der Waals surface area contributed by atoms with Crippen LogP contribution in [0.2, 0.25) is 0 Å². The molecule has 16 atom stereocenters. The van der Waals surface area contributed by atoms with Crippen LogP contribution < -0.4 is 0 Å². The fourth-order valence-corrected chi connectivity index (χ4v) is 12.3. The fourth-order valence-electron chi connectivity index (χ4n) is 12.3. The van der Waals surface area contributed by atoms with E-state index in [1.165, 1.54) is 32.1 Å². The summed E-state index contributed by atoms with van der Waals surface area (Å²) < 4.78 is 55.8. The fraction of sp³-hybridized carbons (Fsp3) is 0.947. The van der Waals surface area contributed by atoms with E-state index >= 15 is 0 Å². The Labute approximate surface area is 283 Å². The number of methoxy groups -OCH3 is 5. The van der Waals surface area contributed by atoms with Crippen LogP contribution in [0.5, 0.6) is 0 Å². The van der Waals surface area contributed by atoms with Crippen LogP contribution in [0.3, 0.4) is 0 Å². The number of allylic oxidation sites excluding steroid dienone is 1. The standard InChI is InChI=1S/C38H62O9/c1-22-30-28(19-27-25-11-10-23-18-24(40-6)12-14-36(23,3)26(25)13-15-37(27,30)4)46-38(22)17-16-35(2,47-38)21-44-34-33(43-9)32(42-8)31(41-7)29(45-34)20-39-5/h10,22,24-34H,11-21H2,1-9H3/t22-,24-,25+,26-,27-,28-,29+,30-,31+,32-,33+,34?,35-,36-,37-,38-/m0/s1. The highest BCUT2D eigenvalue weighted by Gasteiger charge is 2.70. The Morgan fingerprint density at radius 2 is 1.62 bits per heavy atom. The smallest absolute Gasteiger partial charge is 0.187 e. The van der Waals surface area contributed by atoms with Crippen molar-refractivity contribution in [3.8, 4) is 0 Å². The molecule has 0 aromatic carbocycles. The molecule has 9 nitrogen and oxygen atoms in total. The van der Waals surface area contributed by atoms with Crippen LogP contribution in [0.15, 0.2) is 11.6 Å². The summed E-state index contributed by atoms with van der Waals surface area (Å²) in [7, 11) is 8.53. The van der Waals surface area contributed by atoms with Crippen molar-refractivity contribution < 1.29 is 42.6 Å². The Hall–Kier alpha value is -0.620. The first-order valence-corrected chi connectivity index (χ1v) is 18.4. The first kappa shape index (κ1) is 34.8. The summed E-state index contributed by atoms with van der Waals surface area (Å²) in [4.78, 5) is 0. The number of hydrogen-bond acceptors (Lipinski definition) is 9. The monoisotopic (exact) mass is 662 g/mol. The molecule has 0 aromatic heterocycles. The SMILES string of the molecule is COC[C@H]1OC(OC[C@]2(C)CC[C@]3(O[C@H]4C[C@H]5[C@@H]6CC=C7C[C@@H](OC)CC[C@]7(C)[C@H]6CC[C@]5(C)[C@H]4[C@@H]3C)O2)[C@H](OC)[C@@H](OC)[C@@H]1OC. The van der Waals surface area contributed by atoms with Gasteiger partial charge >= 0.3 is 0 Å². The van der Waals surface area contributed by atoms with Crippen LogP contribution >= 0.6 is 0 Å². The van der Waals surface area contributed by atoms with Crippen molar-refractivity contribution in [2.24, 2.45) is 40.4 Å². The Bertz CT molecular complexity index is 1160. The van der Waals surface area contributed by atoms with E-state index in [0.29, 0.717) is 42.5 Å². The molecular formula is C38H62O9. The van der Waals surface area contributed by atoms with Crippen LogP contribution in [0, 0.1) is 40.4 Å². The highest BCUT2D eigenvalue weighted by Crippen LogP contribution is 2.71. The van der Waals surface area contributed by atoms with E-state index in [9.17, 15) is 0 Å². The van der Waals surface area contributed by atoms with Crippen molar-refractivity contribution >= 4 is 0 Å². The topological polar surface area (TPSA) is 83.1 Å². The van der Waals surface area contributed by atoms with Gasteiger partial charge in [0.05, 0.1) is 31.0 Å². The molecule has 4 aliphatic carbocycles. The molecule has 3 saturated carbocycles. The molecule has 3 saturated heterocycles. The Morgan fingerprint density at radius 3 is 2.32 bits per heavy atom. The molecule has 7 aliphatic rings. The quantitative estimate of drug-likeness (QED) is 0.280. The second-order valence-electron chi connectivity index (χ2n) is 16.9. The molecule has 3 aliphatic heterocycles. The minimum absolute atomic E-state index is 0.257. The maximum absolute atomic E-state index is 7.17. The lowest BCUT2D eigenvalue weighted by molar-refractivity contribution is -0.327. The predicted octanol–water partition coefficient (Wildman–Crippen LogP) is 5.92. The number of fused-ring (bicyclic) bond motifs is 7. The summed E-state index contributed by atoms with van der Waals surface area (Å²) in [6.45, 7) is 10.5. The van der Waals surface area contributed by atoms with Gasteiger partial charge in [-0.2, -0.15) is 0 Å². The predicted molar refractivity (Wildman–Crippen MR) is 176 cm³/mol. The highest BCUT2D eigenvalue weighted by atomic mass is 16.8. The molecule has 1 unspecified atom stereocenters. The molecule has 6 fully saturated rings. The third-order valence-electron chi connectivity index (χ3n) is 14.8. The van der Waals surface area contributed by atoms with Gasteiger partial charge in [0.25, 0.3) is 0 Å². The van der Waals surface area contributed by atoms with Crippen molar-refractivity contribution in [3.63, 3.8) is 0 Å². The minimum Gasteiger partial charge on any atom is -0.382 e. The highest BCUT2D eigenvalue weighted by molar-refractivity contribution is 5.26. The molecule has 47 heavy (non-hydrogen) atoms. The second kappa shape index (κ2) is 12.9. The molecule has 9 heteroatoms. The number of hydrogen-bond donors (Lipinski definition) is 0. The van der Waals surface area contributed by atoms with Gasteiger partial charge in [0.15, 0.2) is 12.1 Å². The average molecular weight is 663 g/mol. The largest absolute Gasteiger partial charge is 0.382 e. The van der Waals surface area contributed by atoms with E-state index < -0.39 is 23.8 Å². The Morgan fingerprint density at radius 1 is 0.851 bits per heavy atom. The molecule has 0 N–H and O–H groups in total. The normalized spacial score (nSPS) is 53.8. The molecule has 1 spiro atoms. The van der Waals surface area contributed by atoms with Gasteiger partial charge in [-0.15, -0.1) is 0 Å². The van der Waals surface area contributed by atoms with Crippen LogP contribution in [-0.4, -0.2) is 103 Å².